The van der Waals surface area contributed by atoms with Gasteiger partial charge in [0, 0.05) is 6.20 Å². The van der Waals surface area contributed by atoms with Crippen LogP contribution in [0.5, 0.6) is 0 Å². The molecule has 0 spiro atoms. The summed E-state index contributed by atoms with van der Waals surface area (Å²) in [6.45, 7) is 0. The summed E-state index contributed by atoms with van der Waals surface area (Å²) in [5.74, 6) is 0.411. The second-order valence-electron chi connectivity index (χ2n) is 6.16. The molecule has 130 valence electrons. The van der Waals surface area contributed by atoms with E-state index < -0.39 is 0 Å². The molecule has 0 saturated heterocycles. The van der Waals surface area contributed by atoms with E-state index in [1.54, 1.807) is 12.3 Å². The Labute approximate surface area is 154 Å². The van der Waals surface area contributed by atoms with E-state index in [0.29, 0.717) is 17.4 Å². The van der Waals surface area contributed by atoms with Gasteiger partial charge in [0.15, 0.2) is 0 Å². The average Bonchev–Trinajstić information content (AvgIpc) is 3.05. The fourth-order valence-corrected chi connectivity index (χ4v) is 3.15. The fourth-order valence-electron chi connectivity index (χ4n) is 2.98. The zero-order valence-corrected chi connectivity index (χ0v) is 14.5. The van der Waals surface area contributed by atoms with Gasteiger partial charge in [-0.1, -0.05) is 29.8 Å². The van der Waals surface area contributed by atoms with Crippen LogP contribution in [0.1, 0.15) is 17.4 Å². The van der Waals surface area contributed by atoms with Gasteiger partial charge in [0.25, 0.3) is 0 Å². The number of imidazole rings is 1. The summed E-state index contributed by atoms with van der Waals surface area (Å²) >= 11 is 5.97. The van der Waals surface area contributed by atoms with Crippen LogP contribution in [-0.2, 0) is 6.42 Å². The molecule has 0 saturated carbocycles. The SMILES string of the molecule is NC(Cc1cccc(F)c1)c1nc2ccc(-c3ccnc(Cl)c3)cc2[nH]1. The molecule has 0 aliphatic heterocycles. The van der Waals surface area contributed by atoms with Crippen LogP contribution in [0, 0.1) is 5.82 Å². The highest BCUT2D eigenvalue weighted by molar-refractivity contribution is 6.29. The molecule has 1 unspecified atom stereocenters. The molecule has 2 aromatic carbocycles. The third-order valence-corrected chi connectivity index (χ3v) is 4.46. The first-order valence-electron chi connectivity index (χ1n) is 8.20. The maximum Gasteiger partial charge on any atom is 0.129 e. The molecule has 26 heavy (non-hydrogen) atoms. The van der Waals surface area contributed by atoms with Crippen molar-refractivity contribution in [2.24, 2.45) is 5.73 Å². The van der Waals surface area contributed by atoms with Gasteiger partial charge in [-0.15, -0.1) is 0 Å². The first-order valence-corrected chi connectivity index (χ1v) is 8.58. The van der Waals surface area contributed by atoms with Crippen molar-refractivity contribution in [1.29, 1.82) is 0 Å². The van der Waals surface area contributed by atoms with Gasteiger partial charge in [-0.05, 0) is 59.5 Å². The molecule has 4 aromatic rings. The number of rotatable bonds is 4. The molecule has 0 amide bonds. The standard InChI is InChI=1S/C20H16ClFN4/c21-19-11-14(6-7-24-19)13-4-5-17-18(10-13)26-20(25-17)16(23)9-12-2-1-3-15(22)8-12/h1-8,10-11,16H,9,23H2,(H,25,26). The number of hydrogen-bond acceptors (Lipinski definition) is 3. The second-order valence-corrected chi connectivity index (χ2v) is 6.55. The molecule has 1 atom stereocenters. The number of nitrogens with two attached hydrogens (primary N) is 1. The summed E-state index contributed by atoms with van der Waals surface area (Å²) in [5, 5.41) is 0.449. The van der Waals surface area contributed by atoms with E-state index in [2.05, 4.69) is 15.0 Å². The molecular weight excluding hydrogens is 351 g/mol. The summed E-state index contributed by atoms with van der Waals surface area (Å²) in [6, 6.07) is 15.8. The zero-order chi connectivity index (χ0) is 18.1. The van der Waals surface area contributed by atoms with Gasteiger partial charge >= 0.3 is 0 Å². The number of fused-ring (bicyclic) bond motifs is 1. The minimum Gasteiger partial charge on any atom is -0.341 e. The largest absolute Gasteiger partial charge is 0.341 e. The number of aromatic amines is 1. The molecule has 4 nitrogen and oxygen atoms in total. The van der Waals surface area contributed by atoms with Crippen molar-refractivity contribution in [1.82, 2.24) is 15.0 Å². The summed E-state index contributed by atoms with van der Waals surface area (Å²) in [7, 11) is 0. The van der Waals surface area contributed by atoms with E-state index in [-0.39, 0.29) is 11.9 Å². The molecule has 0 aliphatic carbocycles. The van der Waals surface area contributed by atoms with Crippen LogP contribution in [0.25, 0.3) is 22.2 Å². The Morgan fingerprint density at radius 3 is 2.73 bits per heavy atom. The van der Waals surface area contributed by atoms with Crippen LogP contribution in [0.4, 0.5) is 4.39 Å². The number of halogens is 2. The predicted molar refractivity (Wildman–Crippen MR) is 101 cm³/mol. The maximum absolute atomic E-state index is 13.3. The van der Waals surface area contributed by atoms with Crippen molar-refractivity contribution in [2.75, 3.05) is 0 Å². The van der Waals surface area contributed by atoms with Crippen molar-refractivity contribution < 1.29 is 4.39 Å². The Morgan fingerprint density at radius 1 is 1.08 bits per heavy atom. The Balaban J connectivity index is 1.63. The number of aromatic nitrogens is 3. The fraction of sp³-hybridized carbons (Fsp3) is 0.100. The van der Waals surface area contributed by atoms with Crippen LogP contribution in [-0.4, -0.2) is 15.0 Å². The quantitative estimate of drug-likeness (QED) is 0.516. The number of nitrogens with one attached hydrogen (secondary N) is 1. The van der Waals surface area contributed by atoms with Crippen LogP contribution in [0.15, 0.2) is 60.8 Å². The third kappa shape index (κ3) is 3.45. The van der Waals surface area contributed by atoms with Crippen LogP contribution in [0.2, 0.25) is 5.15 Å². The highest BCUT2D eigenvalue weighted by Gasteiger charge is 2.13. The minimum atomic E-state index is -0.344. The number of benzene rings is 2. The van der Waals surface area contributed by atoms with Crippen molar-refractivity contribution in [3.05, 3.63) is 83.2 Å². The normalized spacial score (nSPS) is 12.4. The van der Waals surface area contributed by atoms with E-state index in [4.69, 9.17) is 17.3 Å². The monoisotopic (exact) mass is 366 g/mol. The van der Waals surface area contributed by atoms with Gasteiger partial charge in [-0.25, -0.2) is 14.4 Å². The third-order valence-electron chi connectivity index (χ3n) is 4.26. The molecule has 6 heteroatoms. The average molecular weight is 367 g/mol. The van der Waals surface area contributed by atoms with E-state index in [0.717, 1.165) is 27.7 Å². The van der Waals surface area contributed by atoms with E-state index in [1.807, 2.05) is 36.4 Å². The molecular formula is C20H16ClFN4. The van der Waals surface area contributed by atoms with E-state index in [1.165, 1.54) is 12.1 Å². The van der Waals surface area contributed by atoms with Crippen molar-refractivity contribution in [3.63, 3.8) is 0 Å². The predicted octanol–water partition coefficient (Wildman–Crippen LogP) is 4.66. The van der Waals surface area contributed by atoms with Gasteiger partial charge in [-0.2, -0.15) is 0 Å². The molecule has 4 rings (SSSR count). The molecule has 2 aromatic heterocycles. The van der Waals surface area contributed by atoms with Crippen molar-refractivity contribution in [3.8, 4) is 11.1 Å². The van der Waals surface area contributed by atoms with Gasteiger partial charge < -0.3 is 10.7 Å². The smallest absolute Gasteiger partial charge is 0.129 e. The Morgan fingerprint density at radius 2 is 1.92 bits per heavy atom. The first kappa shape index (κ1) is 16.7. The topological polar surface area (TPSA) is 67.6 Å². The second kappa shape index (κ2) is 6.86. The van der Waals surface area contributed by atoms with Crippen LogP contribution < -0.4 is 5.73 Å². The Kier molecular flexibility index (Phi) is 4.41. The summed E-state index contributed by atoms with van der Waals surface area (Å²) < 4.78 is 13.3. The van der Waals surface area contributed by atoms with Crippen molar-refractivity contribution in [2.45, 2.75) is 12.5 Å². The summed E-state index contributed by atoms with van der Waals surface area (Å²) in [5.41, 5.74) is 10.8. The molecule has 3 N–H and O–H groups in total. The summed E-state index contributed by atoms with van der Waals surface area (Å²) in [6.07, 6.45) is 2.18. The lowest BCUT2D eigenvalue weighted by Crippen LogP contribution is -2.15. The van der Waals surface area contributed by atoms with E-state index >= 15 is 0 Å². The van der Waals surface area contributed by atoms with Crippen LogP contribution in [0.3, 0.4) is 0 Å². The van der Waals surface area contributed by atoms with Crippen LogP contribution >= 0.6 is 11.6 Å². The number of pyridine rings is 1. The highest BCUT2D eigenvalue weighted by atomic mass is 35.5. The Bertz CT molecular complexity index is 1080. The van der Waals surface area contributed by atoms with Gasteiger partial charge in [-0.3, -0.25) is 0 Å². The molecule has 0 aliphatic rings. The highest BCUT2D eigenvalue weighted by Crippen LogP contribution is 2.26. The summed E-state index contributed by atoms with van der Waals surface area (Å²) in [4.78, 5) is 11.9. The number of H-pyrrole nitrogens is 1. The van der Waals surface area contributed by atoms with Gasteiger partial charge in [0.1, 0.15) is 16.8 Å². The van der Waals surface area contributed by atoms with Gasteiger partial charge in [0.2, 0.25) is 0 Å². The lowest BCUT2D eigenvalue weighted by Gasteiger charge is -2.08. The molecule has 0 fully saturated rings. The van der Waals surface area contributed by atoms with Crippen molar-refractivity contribution >= 4 is 22.6 Å². The number of nitrogens with zero attached hydrogens (tertiary/aromatic N) is 2. The zero-order valence-electron chi connectivity index (χ0n) is 13.8. The molecule has 2 heterocycles. The Hall–Kier alpha value is -2.76. The minimum absolute atomic E-state index is 0.264. The van der Waals surface area contributed by atoms with E-state index in [9.17, 15) is 4.39 Å². The lowest BCUT2D eigenvalue weighted by atomic mass is 10.1. The van der Waals surface area contributed by atoms with Gasteiger partial charge in [0.05, 0.1) is 17.1 Å². The molecule has 0 radical (unpaired) electrons. The first-order chi connectivity index (χ1) is 12.6. The maximum atomic E-state index is 13.3. The lowest BCUT2D eigenvalue weighted by molar-refractivity contribution is 0.619. The molecule has 0 bridgehead atoms. The number of hydrogen-bond donors (Lipinski definition) is 2.